The lowest BCUT2D eigenvalue weighted by atomic mass is 10.0. The van der Waals surface area contributed by atoms with Crippen LogP contribution in [0.4, 0.5) is 0 Å². The van der Waals surface area contributed by atoms with Gasteiger partial charge in [0.05, 0.1) is 23.4 Å². The van der Waals surface area contributed by atoms with Crippen LogP contribution in [0.25, 0.3) is 16.9 Å². The molecule has 0 saturated carbocycles. The minimum Gasteiger partial charge on any atom is -0.490 e. The van der Waals surface area contributed by atoms with Crippen LogP contribution < -0.4 is 15.4 Å². The van der Waals surface area contributed by atoms with Gasteiger partial charge in [0, 0.05) is 30.1 Å². The first kappa shape index (κ1) is 28.3. The molecular weight excluding hydrogens is 506 g/mol. The zero-order valence-corrected chi connectivity index (χ0v) is 23.0. The van der Waals surface area contributed by atoms with Gasteiger partial charge in [-0.2, -0.15) is 5.26 Å². The highest BCUT2D eigenvalue weighted by atomic mass is 16.5. The van der Waals surface area contributed by atoms with Crippen molar-refractivity contribution in [3.63, 3.8) is 0 Å². The van der Waals surface area contributed by atoms with Gasteiger partial charge in [-0.25, -0.2) is 4.98 Å². The summed E-state index contributed by atoms with van der Waals surface area (Å²) in [5.74, 6) is -0.505. The standard InChI is InChI=1S/C31H33N5O4/c1-19(2)40-28-12-11-24(15-25(28)16-32)31(39)34-26(17-33-30(38)21(4)37)14-22-7-9-23(10-8-22)27-18-36-13-5-6-20(3)29(36)35-27/h5-13,15,18-19,21,26,37H,14,17H2,1-4H3,(H,33,38)(H,34,39)/t21-,26+/m1/s1. The number of nitrogens with zero attached hydrogens (tertiary/aromatic N) is 3. The third kappa shape index (κ3) is 6.84. The van der Waals surface area contributed by atoms with E-state index in [1.807, 2.05) is 74.0 Å². The van der Waals surface area contributed by atoms with Gasteiger partial charge in [0.2, 0.25) is 5.91 Å². The van der Waals surface area contributed by atoms with Crippen molar-refractivity contribution in [3.05, 3.63) is 89.2 Å². The minimum absolute atomic E-state index is 0.114. The lowest BCUT2D eigenvalue weighted by Gasteiger charge is -2.21. The number of ether oxygens (including phenoxy) is 1. The predicted molar refractivity (Wildman–Crippen MR) is 152 cm³/mol. The van der Waals surface area contributed by atoms with Gasteiger partial charge >= 0.3 is 0 Å². The average Bonchev–Trinajstić information content (AvgIpc) is 3.37. The number of rotatable bonds is 10. The van der Waals surface area contributed by atoms with E-state index in [-0.39, 0.29) is 24.1 Å². The van der Waals surface area contributed by atoms with Crippen LogP contribution >= 0.6 is 0 Å². The quantitative estimate of drug-likeness (QED) is 0.281. The van der Waals surface area contributed by atoms with E-state index in [1.54, 1.807) is 12.1 Å². The summed E-state index contributed by atoms with van der Waals surface area (Å²) in [4.78, 5) is 29.9. The zero-order chi connectivity index (χ0) is 28.8. The molecule has 0 bridgehead atoms. The number of pyridine rings is 1. The first-order chi connectivity index (χ1) is 19.1. The number of amides is 2. The normalized spacial score (nSPS) is 12.5. The number of aliphatic hydroxyl groups is 1. The molecule has 0 aliphatic carbocycles. The van der Waals surface area contributed by atoms with Crippen LogP contribution in [-0.4, -0.2) is 51.1 Å². The Hall–Kier alpha value is -4.68. The van der Waals surface area contributed by atoms with Gasteiger partial charge in [-0.3, -0.25) is 9.59 Å². The molecule has 0 radical (unpaired) electrons. The Morgan fingerprint density at radius 2 is 1.88 bits per heavy atom. The van der Waals surface area contributed by atoms with Crippen molar-refractivity contribution in [3.8, 4) is 23.1 Å². The van der Waals surface area contributed by atoms with Crippen molar-refractivity contribution in [1.29, 1.82) is 5.26 Å². The number of fused-ring (bicyclic) bond motifs is 1. The lowest BCUT2D eigenvalue weighted by Crippen LogP contribution is -2.46. The van der Waals surface area contributed by atoms with E-state index in [4.69, 9.17) is 9.72 Å². The Balaban J connectivity index is 1.51. The molecule has 4 aromatic rings. The summed E-state index contributed by atoms with van der Waals surface area (Å²) in [5, 5.41) is 24.8. The maximum Gasteiger partial charge on any atom is 0.251 e. The summed E-state index contributed by atoms with van der Waals surface area (Å²) in [5.41, 5.74) is 5.32. The molecule has 0 aliphatic heterocycles. The molecule has 2 amide bonds. The molecule has 2 heterocycles. The van der Waals surface area contributed by atoms with Crippen LogP contribution in [0.3, 0.4) is 0 Å². The largest absolute Gasteiger partial charge is 0.490 e. The predicted octanol–water partition coefficient (Wildman–Crippen LogP) is 3.81. The Labute approximate surface area is 233 Å². The summed E-state index contributed by atoms with van der Waals surface area (Å²) in [6, 6.07) is 18.2. The molecule has 0 spiro atoms. The zero-order valence-electron chi connectivity index (χ0n) is 23.0. The van der Waals surface area contributed by atoms with Crippen molar-refractivity contribution >= 4 is 17.5 Å². The molecule has 2 aromatic heterocycles. The van der Waals surface area contributed by atoms with Gasteiger partial charge in [-0.15, -0.1) is 0 Å². The fourth-order valence-corrected chi connectivity index (χ4v) is 4.32. The van der Waals surface area contributed by atoms with Crippen LogP contribution in [0.2, 0.25) is 0 Å². The summed E-state index contributed by atoms with van der Waals surface area (Å²) >= 11 is 0. The van der Waals surface area contributed by atoms with Crippen LogP contribution in [0.1, 0.15) is 47.8 Å². The fourth-order valence-electron chi connectivity index (χ4n) is 4.32. The number of hydrogen-bond donors (Lipinski definition) is 3. The van der Waals surface area contributed by atoms with Crippen LogP contribution in [0, 0.1) is 18.3 Å². The van der Waals surface area contributed by atoms with E-state index in [9.17, 15) is 20.0 Å². The van der Waals surface area contributed by atoms with E-state index < -0.39 is 18.1 Å². The van der Waals surface area contributed by atoms with E-state index >= 15 is 0 Å². The monoisotopic (exact) mass is 539 g/mol. The lowest BCUT2D eigenvalue weighted by molar-refractivity contribution is -0.128. The molecule has 206 valence electrons. The molecule has 9 nitrogen and oxygen atoms in total. The van der Waals surface area contributed by atoms with Gasteiger partial charge in [-0.1, -0.05) is 30.3 Å². The molecule has 9 heteroatoms. The number of carbonyl (C=O) groups excluding carboxylic acids is 2. The average molecular weight is 540 g/mol. The number of aromatic nitrogens is 2. The van der Waals surface area contributed by atoms with E-state index in [2.05, 4.69) is 16.7 Å². The maximum absolute atomic E-state index is 13.1. The number of nitrogens with one attached hydrogen (secondary N) is 2. The number of nitriles is 1. The Bertz CT molecular complexity index is 1550. The van der Waals surface area contributed by atoms with Crippen molar-refractivity contribution in [2.75, 3.05) is 6.54 Å². The summed E-state index contributed by atoms with van der Waals surface area (Å²) in [7, 11) is 0. The number of aryl methyl sites for hydroxylation is 1. The van der Waals surface area contributed by atoms with E-state index in [0.717, 1.165) is 28.0 Å². The smallest absolute Gasteiger partial charge is 0.251 e. The van der Waals surface area contributed by atoms with Crippen molar-refractivity contribution in [2.45, 2.75) is 52.4 Å². The summed E-state index contributed by atoms with van der Waals surface area (Å²) < 4.78 is 7.65. The molecule has 2 atom stereocenters. The molecule has 0 fully saturated rings. The highest BCUT2D eigenvalue weighted by molar-refractivity contribution is 5.95. The first-order valence-electron chi connectivity index (χ1n) is 13.2. The highest BCUT2D eigenvalue weighted by Gasteiger charge is 2.19. The van der Waals surface area contributed by atoms with Gasteiger partial charge in [0.25, 0.3) is 5.91 Å². The van der Waals surface area contributed by atoms with E-state index in [0.29, 0.717) is 17.7 Å². The van der Waals surface area contributed by atoms with Gasteiger partial charge < -0.3 is 24.9 Å². The Kier molecular flexibility index (Phi) is 8.82. The molecular formula is C31H33N5O4. The number of carbonyl (C=O) groups is 2. The molecule has 4 rings (SSSR count). The van der Waals surface area contributed by atoms with E-state index in [1.165, 1.54) is 13.0 Å². The third-order valence-electron chi connectivity index (χ3n) is 6.37. The van der Waals surface area contributed by atoms with Crippen molar-refractivity contribution < 1.29 is 19.4 Å². The Morgan fingerprint density at radius 1 is 1.12 bits per heavy atom. The molecule has 3 N–H and O–H groups in total. The van der Waals surface area contributed by atoms with Crippen LogP contribution in [0.15, 0.2) is 67.0 Å². The highest BCUT2D eigenvalue weighted by Crippen LogP contribution is 2.23. The second kappa shape index (κ2) is 12.5. The first-order valence-corrected chi connectivity index (χ1v) is 13.2. The molecule has 2 aromatic carbocycles. The fraction of sp³-hybridized carbons (Fsp3) is 0.290. The topological polar surface area (TPSA) is 129 Å². The number of imidazole rings is 1. The Morgan fingerprint density at radius 3 is 2.52 bits per heavy atom. The number of benzene rings is 2. The molecule has 0 unspecified atom stereocenters. The SMILES string of the molecule is Cc1cccn2cc(-c3ccc(C[C@@H](CNC(=O)[C@@H](C)O)NC(=O)c4ccc(OC(C)C)c(C#N)c4)cc3)nc12. The second-order valence-electron chi connectivity index (χ2n) is 10.0. The maximum atomic E-state index is 13.1. The van der Waals surface area contributed by atoms with Gasteiger partial charge in [-0.05, 0) is 69.5 Å². The number of aliphatic hydroxyl groups excluding tert-OH is 1. The third-order valence-corrected chi connectivity index (χ3v) is 6.37. The van der Waals surface area contributed by atoms with Gasteiger partial charge in [0.15, 0.2) is 0 Å². The second-order valence-corrected chi connectivity index (χ2v) is 10.0. The summed E-state index contributed by atoms with van der Waals surface area (Å²) in [6.07, 6.45) is 3.09. The molecule has 40 heavy (non-hydrogen) atoms. The number of hydrogen-bond acceptors (Lipinski definition) is 6. The van der Waals surface area contributed by atoms with Crippen molar-refractivity contribution in [1.82, 2.24) is 20.0 Å². The summed E-state index contributed by atoms with van der Waals surface area (Å²) in [6.45, 7) is 7.24. The molecule has 0 aliphatic rings. The van der Waals surface area contributed by atoms with Crippen LogP contribution in [0.5, 0.6) is 5.75 Å². The molecule has 0 saturated heterocycles. The minimum atomic E-state index is -1.17. The van der Waals surface area contributed by atoms with Gasteiger partial charge in [0.1, 0.15) is 23.6 Å². The van der Waals surface area contributed by atoms with Crippen molar-refractivity contribution in [2.24, 2.45) is 0 Å². The van der Waals surface area contributed by atoms with Crippen LogP contribution in [-0.2, 0) is 11.2 Å².